The van der Waals surface area contributed by atoms with Gasteiger partial charge < -0.3 is 24.7 Å². The van der Waals surface area contributed by atoms with Crippen LogP contribution in [0, 0.1) is 5.41 Å². The highest BCUT2D eigenvalue weighted by atomic mass is 16.5. The van der Waals surface area contributed by atoms with Crippen molar-refractivity contribution in [1.82, 2.24) is 0 Å². The zero-order valence-electron chi connectivity index (χ0n) is 20.7. The zero-order valence-corrected chi connectivity index (χ0v) is 20.7. The van der Waals surface area contributed by atoms with Crippen molar-refractivity contribution in [3.05, 3.63) is 95.6 Å². The number of hydrogen-bond acceptors (Lipinski definition) is 6. The lowest BCUT2D eigenvalue weighted by atomic mass is 9.91. The molecule has 0 heterocycles. The monoisotopic (exact) mass is 477 g/mol. The Balaban J connectivity index is 0.00000210. The minimum Gasteiger partial charge on any atom is -0.489 e. The Morgan fingerprint density at radius 3 is 2.09 bits per heavy atom. The molecule has 1 unspecified atom stereocenters. The second-order valence-corrected chi connectivity index (χ2v) is 7.90. The highest BCUT2D eigenvalue weighted by Gasteiger charge is 2.16. The van der Waals surface area contributed by atoms with E-state index < -0.39 is 0 Å². The van der Waals surface area contributed by atoms with Crippen molar-refractivity contribution in [2.75, 3.05) is 20.8 Å². The summed E-state index contributed by atoms with van der Waals surface area (Å²) in [6.07, 6.45) is 2.34. The molecule has 3 rings (SSSR count). The smallest absolute Gasteiger partial charge is 0.306 e. The maximum Gasteiger partial charge on any atom is 0.306 e. The van der Waals surface area contributed by atoms with E-state index in [0.717, 1.165) is 48.1 Å². The van der Waals surface area contributed by atoms with E-state index >= 15 is 0 Å². The van der Waals surface area contributed by atoms with E-state index in [-0.39, 0.29) is 18.5 Å². The standard InChI is InChI=1S/C28H31NO4.CH4O/c1-3-7-24(18-28(30)31-2)22-12-16-26(17-13-22)32-19-21-10-14-25(15-11-21)33-20-27(29)23-8-5-4-6-9-23;1-2/h4-6,8-17,24,29H,3,7,18-20H2,1-2H3;2H,1H3. The number of carbonyl (C=O) groups is 1. The molecule has 6 heteroatoms. The van der Waals surface area contributed by atoms with E-state index in [4.69, 9.17) is 24.7 Å². The Kier molecular flexibility index (Phi) is 12.1. The lowest BCUT2D eigenvalue weighted by molar-refractivity contribution is -0.141. The number of aliphatic hydroxyl groups excluding tert-OH is 1. The van der Waals surface area contributed by atoms with E-state index in [1.54, 1.807) is 0 Å². The van der Waals surface area contributed by atoms with Gasteiger partial charge in [0.2, 0.25) is 0 Å². The predicted molar refractivity (Wildman–Crippen MR) is 138 cm³/mol. The van der Waals surface area contributed by atoms with Gasteiger partial charge in [-0.1, -0.05) is 67.9 Å². The van der Waals surface area contributed by atoms with E-state index in [9.17, 15) is 4.79 Å². The summed E-state index contributed by atoms with van der Waals surface area (Å²) in [6.45, 7) is 2.78. The molecule has 186 valence electrons. The first-order valence-corrected chi connectivity index (χ1v) is 11.7. The highest BCUT2D eigenvalue weighted by Crippen LogP contribution is 2.27. The third kappa shape index (κ3) is 9.26. The molecule has 0 saturated heterocycles. The molecule has 0 bridgehead atoms. The molecule has 6 nitrogen and oxygen atoms in total. The van der Waals surface area contributed by atoms with Gasteiger partial charge in [0.25, 0.3) is 0 Å². The molecule has 0 aliphatic carbocycles. The summed E-state index contributed by atoms with van der Waals surface area (Å²) in [5.74, 6) is 1.48. The van der Waals surface area contributed by atoms with Crippen LogP contribution in [0.1, 0.15) is 48.8 Å². The molecule has 0 aromatic heterocycles. The maximum atomic E-state index is 11.7. The Morgan fingerprint density at radius 2 is 1.49 bits per heavy atom. The van der Waals surface area contributed by atoms with Gasteiger partial charge in [-0.05, 0) is 53.3 Å². The molecule has 35 heavy (non-hydrogen) atoms. The van der Waals surface area contributed by atoms with Gasteiger partial charge in [-0.3, -0.25) is 4.79 Å². The van der Waals surface area contributed by atoms with E-state index in [2.05, 4.69) is 6.92 Å². The number of ether oxygens (including phenoxy) is 3. The van der Waals surface area contributed by atoms with Crippen LogP contribution in [0.15, 0.2) is 78.9 Å². The number of benzene rings is 3. The molecular weight excluding hydrogens is 442 g/mol. The van der Waals surface area contributed by atoms with Crippen LogP contribution in [0.4, 0.5) is 0 Å². The van der Waals surface area contributed by atoms with Crippen molar-refractivity contribution in [1.29, 1.82) is 5.41 Å². The molecular formula is C29H35NO5. The maximum absolute atomic E-state index is 11.7. The van der Waals surface area contributed by atoms with E-state index in [0.29, 0.717) is 18.7 Å². The molecule has 0 aliphatic heterocycles. The van der Waals surface area contributed by atoms with E-state index in [1.165, 1.54) is 7.11 Å². The molecule has 0 aliphatic rings. The van der Waals surface area contributed by atoms with Gasteiger partial charge in [0.05, 0.1) is 19.2 Å². The lowest BCUT2D eigenvalue weighted by Crippen LogP contribution is -2.11. The van der Waals surface area contributed by atoms with Crippen LogP contribution < -0.4 is 9.47 Å². The first-order valence-electron chi connectivity index (χ1n) is 11.7. The van der Waals surface area contributed by atoms with Crippen molar-refractivity contribution in [2.24, 2.45) is 0 Å². The quantitative estimate of drug-likeness (QED) is 0.255. The minimum absolute atomic E-state index is 0.160. The number of hydrogen-bond donors (Lipinski definition) is 2. The van der Waals surface area contributed by atoms with Crippen LogP contribution in [-0.2, 0) is 16.1 Å². The molecule has 0 amide bonds. The Bertz CT molecular complexity index is 1020. The molecule has 0 radical (unpaired) electrons. The molecule has 3 aromatic carbocycles. The Labute approximate surface area is 208 Å². The number of esters is 1. The fourth-order valence-electron chi connectivity index (χ4n) is 3.58. The summed E-state index contributed by atoms with van der Waals surface area (Å²) in [5.41, 5.74) is 3.45. The van der Waals surface area contributed by atoms with Crippen LogP contribution in [0.25, 0.3) is 0 Å². The second kappa shape index (κ2) is 15.3. The number of rotatable bonds is 12. The predicted octanol–water partition coefficient (Wildman–Crippen LogP) is 5.77. The van der Waals surface area contributed by atoms with Crippen molar-refractivity contribution < 1.29 is 24.1 Å². The second-order valence-electron chi connectivity index (χ2n) is 7.90. The summed E-state index contributed by atoms with van der Waals surface area (Å²) in [4.78, 5) is 11.7. The lowest BCUT2D eigenvalue weighted by Gasteiger charge is -2.16. The summed E-state index contributed by atoms with van der Waals surface area (Å²) in [7, 11) is 2.43. The largest absolute Gasteiger partial charge is 0.489 e. The first kappa shape index (κ1) is 27.6. The normalized spacial score (nSPS) is 11.0. The summed E-state index contributed by atoms with van der Waals surface area (Å²) < 4.78 is 16.5. The van der Waals surface area contributed by atoms with Gasteiger partial charge in [-0.25, -0.2) is 0 Å². The zero-order chi connectivity index (χ0) is 25.5. The first-order chi connectivity index (χ1) is 17.1. The third-order valence-corrected chi connectivity index (χ3v) is 5.46. The van der Waals surface area contributed by atoms with Gasteiger partial charge in [0.1, 0.15) is 24.7 Å². The summed E-state index contributed by atoms with van der Waals surface area (Å²) >= 11 is 0. The molecule has 2 N–H and O–H groups in total. The van der Waals surface area contributed by atoms with Crippen molar-refractivity contribution >= 4 is 11.7 Å². The van der Waals surface area contributed by atoms with Crippen LogP contribution in [0.5, 0.6) is 11.5 Å². The fraction of sp³-hybridized carbons (Fsp3) is 0.310. The fourth-order valence-corrected chi connectivity index (χ4v) is 3.58. The molecule has 0 saturated carbocycles. The van der Waals surface area contributed by atoms with Gasteiger partial charge >= 0.3 is 5.97 Å². The van der Waals surface area contributed by atoms with Crippen molar-refractivity contribution in [3.63, 3.8) is 0 Å². The van der Waals surface area contributed by atoms with E-state index in [1.807, 2.05) is 78.9 Å². The van der Waals surface area contributed by atoms with Gasteiger partial charge in [-0.15, -0.1) is 0 Å². The summed E-state index contributed by atoms with van der Waals surface area (Å²) in [6, 6.07) is 25.2. The molecule has 3 aromatic rings. The number of nitrogens with one attached hydrogen (secondary N) is 1. The molecule has 0 fully saturated rings. The number of methoxy groups -OCH3 is 1. The van der Waals surface area contributed by atoms with Gasteiger partial charge in [0.15, 0.2) is 0 Å². The third-order valence-electron chi connectivity index (χ3n) is 5.46. The van der Waals surface area contributed by atoms with Crippen LogP contribution in [-0.4, -0.2) is 37.6 Å². The highest BCUT2D eigenvalue weighted by molar-refractivity contribution is 5.99. The van der Waals surface area contributed by atoms with Crippen LogP contribution in [0.2, 0.25) is 0 Å². The number of aliphatic hydroxyl groups is 1. The number of carbonyl (C=O) groups excluding carboxylic acids is 1. The minimum atomic E-state index is -0.182. The SMILES string of the molecule is CCCC(CC(=O)OC)c1ccc(OCc2ccc(OCC(=N)c3ccccc3)cc2)cc1.CO. The van der Waals surface area contributed by atoms with Crippen LogP contribution in [0.3, 0.4) is 0 Å². The van der Waals surface area contributed by atoms with Crippen LogP contribution >= 0.6 is 0 Å². The Morgan fingerprint density at radius 1 is 0.886 bits per heavy atom. The Hall–Kier alpha value is -3.64. The topological polar surface area (TPSA) is 88.8 Å². The average Bonchev–Trinajstić information content (AvgIpc) is 2.92. The van der Waals surface area contributed by atoms with Crippen molar-refractivity contribution in [2.45, 2.75) is 38.7 Å². The van der Waals surface area contributed by atoms with Gasteiger partial charge in [-0.2, -0.15) is 0 Å². The molecule has 0 spiro atoms. The summed E-state index contributed by atoms with van der Waals surface area (Å²) in [5, 5.41) is 15.1. The average molecular weight is 478 g/mol. The van der Waals surface area contributed by atoms with Crippen molar-refractivity contribution in [3.8, 4) is 11.5 Å². The molecule has 1 atom stereocenters. The van der Waals surface area contributed by atoms with Gasteiger partial charge in [0, 0.05) is 7.11 Å².